The van der Waals surface area contributed by atoms with E-state index in [1.54, 1.807) is 6.92 Å². The molecule has 0 aromatic carbocycles. The fourth-order valence-corrected chi connectivity index (χ4v) is 1.75. The summed E-state index contributed by atoms with van der Waals surface area (Å²) in [6.07, 6.45) is 1.71. The third kappa shape index (κ3) is 3.26. The van der Waals surface area contributed by atoms with Gasteiger partial charge in [-0.1, -0.05) is 13.8 Å². The van der Waals surface area contributed by atoms with Gasteiger partial charge in [-0.15, -0.1) is 0 Å². The number of aryl methyl sites for hydroxylation is 1. The first-order chi connectivity index (χ1) is 7.99. The van der Waals surface area contributed by atoms with Crippen LogP contribution in [0.1, 0.15) is 32.4 Å². The lowest BCUT2D eigenvalue weighted by Crippen LogP contribution is -2.19. The standard InChI is InChI=1S/C10H15ClN4O2/c1-4-7(5-2)13-9-8(15(16)17)6(3)12-10(11)14-9/h7H,4-5H2,1-3H3,(H,12,13,14). The van der Waals surface area contributed by atoms with Gasteiger partial charge in [-0.05, 0) is 31.4 Å². The Labute approximate surface area is 105 Å². The Morgan fingerprint density at radius 2 is 2.00 bits per heavy atom. The second kappa shape index (κ2) is 5.77. The number of halogens is 1. The molecular formula is C10H15ClN4O2. The molecule has 0 unspecified atom stereocenters. The van der Waals surface area contributed by atoms with Gasteiger partial charge < -0.3 is 5.32 Å². The zero-order valence-electron chi connectivity index (χ0n) is 10.0. The fraction of sp³-hybridized carbons (Fsp3) is 0.600. The Morgan fingerprint density at radius 1 is 1.41 bits per heavy atom. The Bertz CT molecular complexity index is 421. The van der Waals surface area contributed by atoms with Crippen LogP contribution < -0.4 is 5.32 Å². The van der Waals surface area contributed by atoms with Crippen molar-refractivity contribution in [1.29, 1.82) is 0 Å². The molecule has 0 radical (unpaired) electrons. The van der Waals surface area contributed by atoms with Gasteiger partial charge in [-0.2, -0.15) is 4.98 Å². The average molecular weight is 259 g/mol. The van der Waals surface area contributed by atoms with Crippen LogP contribution in [-0.4, -0.2) is 20.9 Å². The van der Waals surface area contributed by atoms with Gasteiger partial charge in [0, 0.05) is 6.04 Å². The quantitative estimate of drug-likeness (QED) is 0.499. The molecule has 1 aromatic rings. The van der Waals surface area contributed by atoms with E-state index in [-0.39, 0.29) is 28.5 Å². The van der Waals surface area contributed by atoms with Gasteiger partial charge in [-0.25, -0.2) is 4.98 Å². The number of anilines is 1. The number of aromatic nitrogens is 2. The highest BCUT2D eigenvalue weighted by atomic mass is 35.5. The highest BCUT2D eigenvalue weighted by molar-refractivity contribution is 6.28. The van der Waals surface area contributed by atoms with Gasteiger partial charge in [0.05, 0.1) is 4.92 Å². The Kier molecular flexibility index (Phi) is 4.62. The minimum absolute atomic E-state index is 0.0153. The van der Waals surface area contributed by atoms with Crippen LogP contribution >= 0.6 is 11.6 Å². The minimum atomic E-state index is -0.490. The molecule has 7 heteroatoms. The molecule has 0 fully saturated rings. The van der Waals surface area contributed by atoms with Crippen molar-refractivity contribution in [3.63, 3.8) is 0 Å². The molecule has 0 amide bonds. The van der Waals surface area contributed by atoms with Crippen LogP contribution in [0.25, 0.3) is 0 Å². The van der Waals surface area contributed by atoms with Crippen molar-refractivity contribution in [2.45, 2.75) is 39.7 Å². The van der Waals surface area contributed by atoms with Gasteiger partial charge in [0.25, 0.3) is 0 Å². The predicted octanol–water partition coefficient (Wildman–Crippen LogP) is 2.95. The van der Waals surface area contributed by atoms with Crippen molar-refractivity contribution in [2.24, 2.45) is 0 Å². The predicted molar refractivity (Wildman–Crippen MR) is 66.4 cm³/mol. The molecule has 0 saturated heterocycles. The summed E-state index contributed by atoms with van der Waals surface area (Å²) in [6, 6.07) is 0.138. The molecule has 1 rings (SSSR count). The van der Waals surface area contributed by atoms with Gasteiger partial charge in [0.1, 0.15) is 5.69 Å². The van der Waals surface area contributed by atoms with E-state index in [1.165, 1.54) is 0 Å². The summed E-state index contributed by atoms with van der Waals surface area (Å²) in [4.78, 5) is 18.1. The smallest absolute Gasteiger partial charge is 0.332 e. The number of nitrogens with zero attached hydrogens (tertiary/aromatic N) is 3. The molecule has 0 atom stereocenters. The maximum Gasteiger partial charge on any atom is 0.332 e. The van der Waals surface area contributed by atoms with Crippen molar-refractivity contribution in [2.75, 3.05) is 5.32 Å². The number of nitrogens with one attached hydrogen (secondary N) is 1. The first kappa shape index (κ1) is 13.6. The first-order valence-electron chi connectivity index (χ1n) is 5.44. The number of rotatable bonds is 5. The summed E-state index contributed by atoms with van der Waals surface area (Å²) >= 11 is 5.71. The molecule has 0 aliphatic carbocycles. The summed E-state index contributed by atoms with van der Waals surface area (Å²) in [7, 11) is 0. The summed E-state index contributed by atoms with van der Waals surface area (Å²) in [5.74, 6) is 0.196. The van der Waals surface area contributed by atoms with Crippen LogP contribution in [0.3, 0.4) is 0 Å². The third-order valence-corrected chi connectivity index (χ3v) is 2.71. The van der Waals surface area contributed by atoms with E-state index < -0.39 is 4.92 Å². The number of hydrogen-bond acceptors (Lipinski definition) is 5. The van der Waals surface area contributed by atoms with Gasteiger partial charge in [-0.3, -0.25) is 10.1 Å². The lowest BCUT2D eigenvalue weighted by atomic mass is 10.1. The van der Waals surface area contributed by atoms with Gasteiger partial charge in [0.15, 0.2) is 0 Å². The second-order valence-corrected chi connectivity index (χ2v) is 4.03. The molecule has 1 N–H and O–H groups in total. The normalized spacial score (nSPS) is 10.6. The SMILES string of the molecule is CCC(CC)Nc1nc(Cl)nc(C)c1[N+](=O)[O-]. The molecular weight excluding hydrogens is 244 g/mol. The van der Waals surface area contributed by atoms with Gasteiger partial charge in [0.2, 0.25) is 11.1 Å². The fourth-order valence-electron chi connectivity index (χ4n) is 1.54. The Hall–Kier alpha value is -1.43. The van der Waals surface area contributed by atoms with E-state index in [4.69, 9.17) is 11.6 Å². The third-order valence-electron chi connectivity index (χ3n) is 2.54. The maximum absolute atomic E-state index is 11.0. The summed E-state index contributed by atoms with van der Waals surface area (Å²) in [6.45, 7) is 5.55. The van der Waals surface area contributed by atoms with E-state index in [2.05, 4.69) is 15.3 Å². The Balaban J connectivity index is 3.16. The van der Waals surface area contributed by atoms with E-state index >= 15 is 0 Å². The van der Waals surface area contributed by atoms with Crippen LogP contribution in [0.15, 0.2) is 0 Å². The topological polar surface area (TPSA) is 81.0 Å². The van der Waals surface area contributed by atoms with Crippen LogP contribution in [-0.2, 0) is 0 Å². The van der Waals surface area contributed by atoms with Crippen molar-refractivity contribution < 1.29 is 4.92 Å². The lowest BCUT2D eigenvalue weighted by molar-refractivity contribution is -0.385. The zero-order valence-corrected chi connectivity index (χ0v) is 10.8. The van der Waals surface area contributed by atoms with E-state index in [9.17, 15) is 10.1 Å². The molecule has 1 aromatic heterocycles. The average Bonchev–Trinajstić information content (AvgIpc) is 2.24. The molecule has 0 aliphatic rings. The molecule has 0 aliphatic heterocycles. The molecule has 0 saturated carbocycles. The molecule has 0 bridgehead atoms. The molecule has 0 spiro atoms. The summed E-state index contributed by atoms with van der Waals surface area (Å²) < 4.78 is 0. The summed E-state index contributed by atoms with van der Waals surface area (Å²) in [5, 5.41) is 14.0. The van der Waals surface area contributed by atoms with Crippen LogP contribution in [0.2, 0.25) is 5.28 Å². The highest BCUT2D eigenvalue weighted by Crippen LogP contribution is 2.27. The van der Waals surface area contributed by atoms with E-state index in [1.807, 2.05) is 13.8 Å². The second-order valence-electron chi connectivity index (χ2n) is 3.69. The van der Waals surface area contributed by atoms with Crippen molar-refractivity contribution in [1.82, 2.24) is 9.97 Å². The number of hydrogen-bond donors (Lipinski definition) is 1. The van der Waals surface area contributed by atoms with E-state index in [0.717, 1.165) is 12.8 Å². The minimum Gasteiger partial charge on any atom is -0.361 e. The van der Waals surface area contributed by atoms with Crippen molar-refractivity contribution in [3.05, 3.63) is 21.1 Å². The summed E-state index contributed by atoms with van der Waals surface area (Å²) in [5.41, 5.74) is 0.157. The van der Waals surface area contributed by atoms with Gasteiger partial charge >= 0.3 is 5.69 Å². The molecule has 6 nitrogen and oxygen atoms in total. The maximum atomic E-state index is 11.0. The number of nitro groups is 1. The van der Waals surface area contributed by atoms with Crippen molar-refractivity contribution in [3.8, 4) is 0 Å². The first-order valence-corrected chi connectivity index (χ1v) is 5.82. The lowest BCUT2D eigenvalue weighted by Gasteiger charge is -2.15. The van der Waals surface area contributed by atoms with Crippen LogP contribution in [0.5, 0.6) is 0 Å². The molecule has 17 heavy (non-hydrogen) atoms. The highest BCUT2D eigenvalue weighted by Gasteiger charge is 2.22. The largest absolute Gasteiger partial charge is 0.361 e. The monoisotopic (exact) mass is 258 g/mol. The van der Waals surface area contributed by atoms with Crippen LogP contribution in [0.4, 0.5) is 11.5 Å². The van der Waals surface area contributed by atoms with Crippen LogP contribution in [0, 0.1) is 17.0 Å². The molecule has 1 heterocycles. The van der Waals surface area contributed by atoms with Crippen molar-refractivity contribution >= 4 is 23.1 Å². The Morgan fingerprint density at radius 3 is 2.47 bits per heavy atom. The molecule has 94 valence electrons. The zero-order chi connectivity index (χ0) is 13.0. The van der Waals surface area contributed by atoms with E-state index in [0.29, 0.717) is 0 Å².